The maximum Gasteiger partial charge on any atom is 0.345 e. The Hall–Kier alpha value is -0.900. The van der Waals surface area contributed by atoms with Crippen molar-refractivity contribution in [1.29, 1.82) is 0 Å². The van der Waals surface area contributed by atoms with Crippen LogP contribution in [0.25, 0.3) is 0 Å². The van der Waals surface area contributed by atoms with E-state index in [4.69, 9.17) is 0 Å². The summed E-state index contributed by atoms with van der Waals surface area (Å²) in [7, 11) is 0. The van der Waals surface area contributed by atoms with Crippen LogP contribution in [0.1, 0.15) is 32.6 Å². The second-order valence-electron chi connectivity index (χ2n) is 3.21. The fourth-order valence-electron chi connectivity index (χ4n) is 1.48. The minimum Gasteiger partial charge on any atom is -0.464 e. The van der Waals surface area contributed by atoms with E-state index < -0.39 is 17.4 Å². The smallest absolute Gasteiger partial charge is 0.345 e. The number of hydrogen-bond donors (Lipinski definition) is 1. The monoisotopic (exact) mass is 186 g/mol. The van der Waals surface area contributed by atoms with Gasteiger partial charge in [0.05, 0.1) is 6.61 Å². The molecular weight excluding hydrogens is 172 g/mol. The molecule has 0 amide bonds. The molecule has 0 spiro atoms. The lowest BCUT2D eigenvalue weighted by molar-refractivity contribution is -0.172. The molecule has 0 unspecified atom stereocenters. The Bertz CT molecular complexity index is 224. The van der Waals surface area contributed by atoms with Crippen LogP contribution < -0.4 is 0 Å². The second kappa shape index (κ2) is 3.87. The quantitative estimate of drug-likeness (QED) is 0.501. The van der Waals surface area contributed by atoms with Crippen LogP contribution in [-0.2, 0) is 14.3 Å². The lowest BCUT2D eigenvalue weighted by Gasteiger charge is -2.27. The third-order valence-electron chi connectivity index (χ3n) is 2.27. The number of carbonyl (C=O) groups excluding carboxylic acids is 2. The number of aliphatic hydroxyl groups is 1. The Kier molecular flexibility index (Phi) is 3.03. The molecule has 0 aliphatic heterocycles. The summed E-state index contributed by atoms with van der Waals surface area (Å²) >= 11 is 0. The Labute approximate surface area is 76.9 Å². The van der Waals surface area contributed by atoms with E-state index in [1.807, 2.05) is 0 Å². The first-order valence-corrected chi connectivity index (χ1v) is 4.54. The van der Waals surface area contributed by atoms with Crippen molar-refractivity contribution >= 4 is 11.8 Å². The molecule has 0 saturated heterocycles. The van der Waals surface area contributed by atoms with E-state index in [2.05, 4.69) is 4.74 Å². The predicted molar refractivity (Wildman–Crippen MR) is 45.1 cm³/mol. The SMILES string of the molecule is CCOC(=O)[C@@]1(O)CCCCC1=O. The fourth-order valence-corrected chi connectivity index (χ4v) is 1.48. The van der Waals surface area contributed by atoms with E-state index in [1.54, 1.807) is 6.92 Å². The van der Waals surface area contributed by atoms with E-state index in [1.165, 1.54) is 0 Å². The molecule has 0 aromatic rings. The average molecular weight is 186 g/mol. The van der Waals surface area contributed by atoms with Crippen LogP contribution in [0.3, 0.4) is 0 Å². The summed E-state index contributed by atoms with van der Waals surface area (Å²) in [5.41, 5.74) is -1.85. The first-order valence-electron chi connectivity index (χ1n) is 4.54. The van der Waals surface area contributed by atoms with Crippen LogP contribution >= 0.6 is 0 Å². The van der Waals surface area contributed by atoms with Crippen LogP contribution in [0.2, 0.25) is 0 Å². The Morgan fingerprint density at radius 3 is 2.85 bits per heavy atom. The van der Waals surface area contributed by atoms with Crippen molar-refractivity contribution in [2.24, 2.45) is 0 Å². The summed E-state index contributed by atoms with van der Waals surface area (Å²) in [5, 5.41) is 9.72. The predicted octanol–water partition coefficient (Wildman–Crippen LogP) is 0.424. The van der Waals surface area contributed by atoms with Gasteiger partial charge in [0, 0.05) is 6.42 Å². The highest BCUT2D eigenvalue weighted by molar-refractivity contribution is 6.07. The highest BCUT2D eigenvalue weighted by Crippen LogP contribution is 2.26. The zero-order valence-electron chi connectivity index (χ0n) is 7.71. The third-order valence-corrected chi connectivity index (χ3v) is 2.27. The van der Waals surface area contributed by atoms with E-state index in [0.29, 0.717) is 6.42 Å². The van der Waals surface area contributed by atoms with Gasteiger partial charge >= 0.3 is 5.97 Å². The van der Waals surface area contributed by atoms with Gasteiger partial charge < -0.3 is 9.84 Å². The number of ketones is 1. The fraction of sp³-hybridized carbons (Fsp3) is 0.778. The maximum atomic E-state index is 11.3. The van der Waals surface area contributed by atoms with Gasteiger partial charge in [-0.2, -0.15) is 0 Å². The van der Waals surface area contributed by atoms with Gasteiger partial charge in [-0.15, -0.1) is 0 Å². The molecule has 1 rings (SSSR count). The summed E-state index contributed by atoms with van der Waals surface area (Å²) in [4.78, 5) is 22.5. The number of hydrogen-bond acceptors (Lipinski definition) is 4. The molecule has 1 atom stereocenters. The van der Waals surface area contributed by atoms with Crippen LogP contribution in [0.4, 0.5) is 0 Å². The van der Waals surface area contributed by atoms with Crippen LogP contribution in [-0.4, -0.2) is 29.1 Å². The van der Waals surface area contributed by atoms with Gasteiger partial charge in [0.1, 0.15) is 0 Å². The third kappa shape index (κ3) is 1.88. The molecule has 1 saturated carbocycles. The number of esters is 1. The zero-order valence-corrected chi connectivity index (χ0v) is 7.71. The zero-order chi connectivity index (χ0) is 9.90. The summed E-state index contributed by atoms with van der Waals surface area (Å²) in [5.74, 6) is -1.20. The van der Waals surface area contributed by atoms with Crippen molar-refractivity contribution in [3.8, 4) is 0 Å². The molecule has 1 fully saturated rings. The van der Waals surface area contributed by atoms with Crippen LogP contribution in [0, 0.1) is 0 Å². The first-order chi connectivity index (χ1) is 6.11. The van der Waals surface area contributed by atoms with Gasteiger partial charge in [-0.3, -0.25) is 4.79 Å². The molecule has 0 aromatic carbocycles. The molecule has 4 heteroatoms. The molecular formula is C9H14O4. The molecule has 0 radical (unpaired) electrons. The van der Waals surface area contributed by atoms with E-state index >= 15 is 0 Å². The standard InChI is InChI=1S/C9H14O4/c1-2-13-8(11)9(12)6-4-3-5-7(9)10/h12H,2-6H2,1H3/t9-/m1/s1. The van der Waals surface area contributed by atoms with Gasteiger partial charge in [-0.25, -0.2) is 4.79 Å². The minimum atomic E-state index is -1.85. The van der Waals surface area contributed by atoms with Gasteiger partial charge in [0.25, 0.3) is 0 Å². The van der Waals surface area contributed by atoms with Gasteiger partial charge in [-0.05, 0) is 26.2 Å². The highest BCUT2D eigenvalue weighted by Gasteiger charge is 2.46. The summed E-state index contributed by atoms with van der Waals surface area (Å²) in [6, 6.07) is 0. The molecule has 0 aromatic heterocycles. The van der Waals surface area contributed by atoms with Crippen molar-refractivity contribution in [2.75, 3.05) is 6.61 Å². The van der Waals surface area contributed by atoms with E-state index in [9.17, 15) is 14.7 Å². The van der Waals surface area contributed by atoms with Crippen LogP contribution in [0.15, 0.2) is 0 Å². The first kappa shape index (κ1) is 10.2. The van der Waals surface area contributed by atoms with Crippen molar-refractivity contribution in [2.45, 2.75) is 38.2 Å². The van der Waals surface area contributed by atoms with Gasteiger partial charge in [-0.1, -0.05) is 0 Å². The number of Topliss-reactive ketones (excluding diaryl/α,β-unsaturated/α-hetero) is 1. The summed E-state index contributed by atoms with van der Waals surface area (Å²) in [6.45, 7) is 1.84. The number of rotatable bonds is 2. The maximum absolute atomic E-state index is 11.3. The van der Waals surface area contributed by atoms with Crippen molar-refractivity contribution in [3.63, 3.8) is 0 Å². The Morgan fingerprint density at radius 1 is 1.62 bits per heavy atom. The largest absolute Gasteiger partial charge is 0.464 e. The number of carbonyl (C=O) groups is 2. The summed E-state index contributed by atoms with van der Waals surface area (Å²) < 4.78 is 4.64. The van der Waals surface area contributed by atoms with E-state index in [0.717, 1.165) is 6.42 Å². The molecule has 1 aliphatic carbocycles. The number of ether oxygens (including phenoxy) is 1. The molecule has 0 bridgehead atoms. The topological polar surface area (TPSA) is 63.6 Å². The van der Waals surface area contributed by atoms with Crippen molar-refractivity contribution < 1.29 is 19.4 Å². The molecule has 74 valence electrons. The Morgan fingerprint density at radius 2 is 2.31 bits per heavy atom. The lowest BCUT2D eigenvalue weighted by atomic mass is 9.84. The molecule has 1 aliphatic rings. The van der Waals surface area contributed by atoms with Crippen LogP contribution in [0.5, 0.6) is 0 Å². The van der Waals surface area contributed by atoms with Gasteiger partial charge in [0.15, 0.2) is 5.78 Å². The Balaban J connectivity index is 2.71. The molecule has 4 nitrogen and oxygen atoms in total. The molecule has 13 heavy (non-hydrogen) atoms. The normalized spacial score (nSPS) is 28.6. The highest BCUT2D eigenvalue weighted by atomic mass is 16.5. The minimum absolute atomic E-state index is 0.189. The summed E-state index contributed by atoms with van der Waals surface area (Å²) in [6.07, 6.45) is 1.92. The average Bonchev–Trinajstić information content (AvgIpc) is 2.11. The molecule has 0 heterocycles. The van der Waals surface area contributed by atoms with Crippen molar-refractivity contribution in [3.05, 3.63) is 0 Å². The van der Waals surface area contributed by atoms with Crippen molar-refractivity contribution in [1.82, 2.24) is 0 Å². The second-order valence-corrected chi connectivity index (χ2v) is 3.21. The van der Waals surface area contributed by atoms with E-state index in [-0.39, 0.29) is 19.4 Å². The molecule has 1 N–H and O–H groups in total. The van der Waals surface area contributed by atoms with Gasteiger partial charge in [0.2, 0.25) is 5.60 Å². The lowest BCUT2D eigenvalue weighted by Crippen LogP contribution is -2.49.